The molecule has 0 radical (unpaired) electrons. The van der Waals surface area contributed by atoms with Crippen LogP contribution in [0.5, 0.6) is 5.75 Å². The normalized spacial score (nSPS) is 32.6. The molecule has 1 spiro atoms. The number of ether oxygens (including phenoxy) is 4. The number of rotatable bonds is 5. The molecular weight excluding hydrogens is 470 g/mol. The Kier molecular flexibility index (Phi) is 6.80. The highest BCUT2D eigenvalue weighted by atomic mass is 35.5. The first kappa shape index (κ1) is 25.4. The summed E-state index contributed by atoms with van der Waals surface area (Å²) < 4.78 is 23.0. The van der Waals surface area contributed by atoms with Crippen LogP contribution in [0.4, 0.5) is 4.79 Å². The van der Waals surface area contributed by atoms with Gasteiger partial charge < -0.3 is 34.1 Å². The molecule has 3 aliphatic heterocycles. The number of benzene rings is 1. The number of methoxy groups -OCH3 is 1. The van der Waals surface area contributed by atoms with E-state index in [0.29, 0.717) is 17.7 Å². The highest BCUT2D eigenvalue weighted by Crippen LogP contribution is 2.56. The fourth-order valence-corrected chi connectivity index (χ4v) is 4.77. The first-order valence-corrected chi connectivity index (χ1v) is 11.6. The van der Waals surface area contributed by atoms with Crippen LogP contribution in [0.25, 0.3) is 0 Å². The molecule has 11 heteroatoms. The predicted octanol–water partition coefficient (Wildman–Crippen LogP) is 2.57. The lowest BCUT2D eigenvalue weighted by molar-refractivity contribution is -0.631. The van der Waals surface area contributed by atoms with Gasteiger partial charge in [0.15, 0.2) is 5.60 Å². The Morgan fingerprint density at radius 2 is 2.00 bits per heavy atom. The molecule has 10 nitrogen and oxygen atoms in total. The summed E-state index contributed by atoms with van der Waals surface area (Å²) in [5.41, 5.74) is -1.10. The molecule has 190 valence electrons. The molecule has 3 fully saturated rings. The Hall–Kier alpha value is -1.66. The van der Waals surface area contributed by atoms with Gasteiger partial charge in [-0.25, -0.2) is 9.68 Å². The second kappa shape index (κ2) is 9.09. The summed E-state index contributed by atoms with van der Waals surface area (Å²) in [6, 6.07) is 5.16. The van der Waals surface area contributed by atoms with E-state index in [4.69, 9.17) is 40.3 Å². The number of carbonyl (C=O) groups excluding carboxylic acids is 1. The lowest BCUT2D eigenvalue weighted by Crippen LogP contribution is -2.80. The van der Waals surface area contributed by atoms with E-state index in [1.165, 1.54) is 12.0 Å². The third-order valence-corrected chi connectivity index (χ3v) is 6.70. The molecule has 4 rings (SSSR count). The number of nitrogens with zero attached hydrogens (tertiary/aromatic N) is 1. The van der Waals surface area contributed by atoms with Gasteiger partial charge in [0.25, 0.3) is 5.79 Å². The highest BCUT2D eigenvalue weighted by Gasteiger charge is 2.73. The standard InChI is InChI=1S/C23H32ClNO9/c1-13-9-15(27)17(10-26)31-19(13)30-16-8-6-7-14(18(16)24)23(29-5)22(33-34-23)11-25(12-22)20(28)32-21(2,3)4/h6-8,13,15,17,19,26-27H,9-12H2,1-5H3. The van der Waals surface area contributed by atoms with Crippen molar-refractivity contribution in [2.24, 2.45) is 5.92 Å². The molecule has 0 saturated carbocycles. The van der Waals surface area contributed by atoms with E-state index < -0.39 is 41.6 Å². The van der Waals surface area contributed by atoms with Gasteiger partial charge in [0.2, 0.25) is 6.29 Å². The molecule has 5 unspecified atom stereocenters. The van der Waals surface area contributed by atoms with Crippen molar-refractivity contribution in [3.05, 3.63) is 28.8 Å². The molecule has 0 bridgehead atoms. The maximum absolute atomic E-state index is 12.4. The van der Waals surface area contributed by atoms with Crippen LogP contribution < -0.4 is 4.74 Å². The van der Waals surface area contributed by atoms with E-state index in [2.05, 4.69) is 0 Å². The van der Waals surface area contributed by atoms with E-state index in [0.717, 1.165) is 0 Å². The molecule has 3 saturated heterocycles. The van der Waals surface area contributed by atoms with E-state index in [1.54, 1.807) is 39.0 Å². The summed E-state index contributed by atoms with van der Waals surface area (Å²) in [7, 11) is 1.48. The van der Waals surface area contributed by atoms with Crippen LogP contribution in [0.2, 0.25) is 5.02 Å². The van der Waals surface area contributed by atoms with E-state index in [1.807, 2.05) is 6.92 Å². The second-order valence-corrected chi connectivity index (χ2v) is 10.4. The van der Waals surface area contributed by atoms with Gasteiger partial charge in [-0.05, 0) is 33.3 Å². The molecule has 1 aromatic carbocycles. The third kappa shape index (κ3) is 4.26. The largest absolute Gasteiger partial charge is 0.463 e. The van der Waals surface area contributed by atoms with Crippen LogP contribution in [-0.4, -0.2) is 77.7 Å². The Bertz CT molecular complexity index is 912. The number of hydrogen-bond acceptors (Lipinski definition) is 9. The molecule has 0 aliphatic carbocycles. The van der Waals surface area contributed by atoms with Gasteiger partial charge in [0, 0.05) is 18.6 Å². The summed E-state index contributed by atoms with van der Waals surface area (Å²) in [6.07, 6.45) is -2.27. The molecule has 3 aliphatic rings. The van der Waals surface area contributed by atoms with Crippen molar-refractivity contribution >= 4 is 17.7 Å². The summed E-state index contributed by atoms with van der Waals surface area (Å²) in [5.74, 6) is -1.17. The zero-order chi connectivity index (χ0) is 24.9. The number of amides is 1. The van der Waals surface area contributed by atoms with Crippen LogP contribution in [0.1, 0.15) is 39.7 Å². The van der Waals surface area contributed by atoms with Crippen molar-refractivity contribution in [3.63, 3.8) is 0 Å². The van der Waals surface area contributed by atoms with Crippen LogP contribution in [-0.2, 0) is 29.8 Å². The Balaban J connectivity index is 1.53. The van der Waals surface area contributed by atoms with E-state index in [-0.39, 0.29) is 30.6 Å². The third-order valence-electron chi connectivity index (χ3n) is 6.31. The predicted molar refractivity (Wildman–Crippen MR) is 119 cm³/mol. The first-order chi connectivity index (χ1) is 15.9. The van der Waals surface area contributed by atoms with Crippen molar-refractivity contribution in [2.75, 3.05) is 26.8 Å². The van der Waals surface area contributed by atoms with Gasteiger partial charge in [0.05, 0.1) is 30.8 Å². The Morgan fingerprint density at radius 1 is 1.29 bits per heavy atom. The minimum atomic E-state index is -1.36. The van der Waals surface area contributed by atoms with Crippen molar-refractivity contribution in [1.29, 1.82) is 0 Å². The zero-order valence-corrected chi connectivity index (χ0v) is 20.7. The van der Waals surface area contributed by atoms with Crippen molar-refractivity contribution in [1.82, 2.24) is 4.90 Å². The van der Waals surface area contributed by atoms with Gasteiger partial charge in [-0.2, -0.15) is 4.89 Å². The van der Waals surface area contributed by atoms with Gasteiger partial charge in [-0.1, -0.05) is 30.7 Å². The van der Waals surface area contributed by atoms with E-state index in [9.17, 15) is 15.0 Å². The molecule has 1 amide bonds. The van der Waals surface area contributed by atoms with Crippen molar-refractivity contribution < 1.29 is 43.7 Å². The topological polar surface area (TPSA) is 116 Å². The molecule has 3 heterocycles. The summed E-state index contributed by atoms with van der Waals surface area (Å²) >= 11 is 6.74. The number of likely N-dealkylation sites (tertiary alicyclic amines) is 1. The molecule has 1 aromatic rings. The zero-order valence-electron chi connectivity index (χ0n) is 19.9. The number of aliphatic hydroxyl groups is 2. The van der Waals surface area contributed by atoms with Crippen LogP contribution in [0.3, 0.4) is 0 Å². The highest BCUT2D eigenvalue weighted by molar-refractivity contribution is 6.33. The number of halogens is 1. The fourth-order valence-electron chi connectivity index (χ4n) is 4.47. The summed E-state index contributed by atoms with van der Waals surface area (Å²) in [6.45, 7) is 7.34. The fraction of sp³-hybridized carbons (Fsp3) is 0.696. The van der Waals surface area contributed by atoms with Gasteiger partial charge >= 0.3 is 6.09 Å². The molecule has 0 aromatic heterocycles. The monoisotopic (exact) mass is 501 g/mol. The molecular formula is C23H32ClNO9. The van der Waals surface area contributed by atoms with Crippen LogP contribution in [0, 0.1) is 5.92 Å². The number of aliphatic hydroxyl groups excluding tert-OH is 2. The van der Waals surface area contributed by atoms with Crippen molar-refractivity contribution in [2.45, 2.75) is 69.6 Å². The number of carbonyl (C=O) groups is 1. The second-order valence-electron chi connectivity index (χ2n) is 10.1. The Morgan fingerprint density at radius 3 is 2.56 bits per heavy atom. The smallest absolute Gasteiger partial charge is 0.410 e. The average Bonchev–Trinajstić information content (AvgIpc) is 2.70. The van der Waals surface area contributed by atoms with Crippen molar-refractivity contribution in [3.8, 4) is 5.75 Å². The minimum Gasteiger partial charge on any atom is -0.463 e. The maximum atomic E-state index is 12.4. The molecule has 5 atom stereocenters. The van der Waals surface area contributed by atoms with Gasteiger partial charge in [0.1, 0.15) is 17.5 Å². The minimum absolute atomic E-state index is 0.141. The quantitative estimate of drug-likeness (QED) is 0.587. The average molecular weight is 502 g/mol. The summed E-state index contributed by atoms with van der Waals surface area (Å²) in [4.78, 5) is 24.9. The summed E-state index contributed by atoms with van der Waals surface area (Å²) in [5, 5.41) is 19.8. The van der Waals surface area contributed by atoms with Crippen LogP contribution >= 0.6 is 11.6 Å². The first-order valence-electron chi connectivity index (χ1n) is 11.3. The van der Waals surface area contributed by atoms with Gasteiger partial charge in [-0.15, -0.1) is 0 Å². The molecule has 34 heavy (non-hydrogen) atoms. The van der Waals surface area contributed by atoms with Crippen LogP contribution in [0.15, 0.2) is 18.2 Å². The van der Waals surface area contributed by atoms with Gasteiger partial charge in [-0.3, -0.25) is 0 Å². The van der Waals surface area contributed by atoms with E-state index >= 15 is 0 Å². The SMILES string of the molecule is COC1(c2cccc(OC3OC(CO)C(O)CC3C)c2Cl)OOC12CN(C(=O)OC(C)(C)C)C2. The Labute approximate surface area is 203 Å². The number of hydrogen-bond donors (Lipinski definition) is 2. The lowest BCUT2D eigenvalue weighted by Gasteiger charge is -2.62. The maximum Gasteiger partial charge on any atom is 0.410 e. The lowest BCUT2D eigenvalue weighted by atomic mass is 9.79. The molecule has 2 N–H and O–H groups in total.